The third kappa shape index (κ3) is 4.25. The van der Waals surface area contributed by atoms with E-state index in [-0.39, 0.29) is 31.0 Å². The van der Waals surface area contributed by atoms with Crippen LogP contribution in [-0.4, -0.2) is 54.9 Å². The fraction of sp³-hybridized carbons (Fsp3) is 0.318. The van der Waals surface area contributed by atoms with Gasteiger partial charge in [0.1, 0.15) is 10.1 Å². The summed E-state index contributed by atoms with van der Waals surface area (Å²) in [6.07, 6.45) is 5.44. The molecule has 1 fully saturated rings. The lowest BCUT2D eigenvalue weighted by molar-refractivity contribution is -0.124. The lowest BCUT2D eigenvalue weighted by atomic mass is 10.1. The second-order valence-electron chi connectivity index (χ2n) is 8.00. The van der Waals surface area contributed by atoms with Crippen molar-refractivity contribution in [2.24, 2.45) is 5.92 Å². The highest BCUT2D eigenvalue weighted by Crippen LogP contribution is 2.30. The van der Waals surface area contributed by atoms with Crippen molar-refractivity contribution in [2.45, 2.75) is 25.3 Å². The summed E-state index contributed by atoms with van der Waals surface area (Å²) in [5.41, 5.74) is 1.35. The first-order chi connectivity index (χ1) is 16.0. The molecule has 0 spiro atoms. The van der Waals surface area contributed by atoms with Gasteiger partial charge in [0.05, 0.1) is 17.7 Å². The van der Waals surface area contributed by atoms with Crippen LogP contribution >= 0.6 is 15.9 Å². The van der Waals surface area contributed by atoms with E-state index in [2.05, 4.69) is 46.6 Å². The average molecular weight is 514 g/mol. The number of carbonyl (C=O) groups is 1. The van der Waals surface area contributed by atoms with Gasteiger partial charge in [-0.15, -0.1) is 0 Å². The summed E-state index contributed by atoms with van der Waals surface area (Å²) < 4.78 is 16.8. The Balaban J connectivity index is 1.42. The topological polar surface area (TPSA) is 118 Å². The molecule has 1 aliphatic carbocycles. The number of nitrogens with zero attached hydrogens (tertiary/aromatic N) is 5. The van der Waals surface area contributed by atoms with E-state index in [1.165, 1.54) is 6.07 Å². The van der Waals surface area contributed by atoms with Crippen LogP contribution in [0.2, 0.25) is 0 Å². The number of amides is 1. The molecule has 1 saturated carbocycles. The second-order valence-corrected chi connectivity index (χ2v) is 8.75. The molecule has 4 aromatic rings. The number of pyridine rings is 1. The van der Waals surface area contributed by atoms with E-state index in [9.17, 15) is 9.18 Å². The summed E-state index contributed by atoms with van der Waals surface area (Å²) >= 11 is 3.44. The van der Waals surface area contributed by atoms with Gasteiger partial charge in [0.2, 0.25) is 11.9 Å². The minimum absolute atomic E-state index is 0.0421. The quantitative estimate of drug-likeness (QED) is 0.362. The Morgan fingerprint density at radius 3 is 3.03 bits per heavy atom. The Labute approximate surface area is 196 Å². The zero-order chi connectivity index (χ0) is 22.9. The summed E-state index contributed by atoms with van der Waals surface area (Å²) in [5, 5.41) is 20.8. The molecule has 0 bridgehead atoms. The molecular formula is C22H21BrFN7O2. The Kier molecular flexibility index (Phi) is 5.90. The van der Waals surface area contributed by atoms with Crippen molar-refractivity contribution < 1.29 is 14.3 Å². The number of benzene rings is 1. The molecule has 0 radical (unpaired) electrons. The van der Waals surface area contributed by atoms with Gasteiger partial charge in [-0.25, -0.2) is 14.1 Å². The number of nitrogens with one attached hydrogen (secondary N) is 2. The van der Waals surface area contributed by atoms with Crippen LogP contribution < -0.4 is 10.6 Å². The predicted molar refractivity (Wildman–Crippen MR) is 124 cm³/mol. The van der Waals surface area contributed by atoms with Crippen LogP contribution in [0.15, 0.2) is 41.3 Å². The number of halogens is 2. The average Bonchev–Trinajstić information content (AvgIpc) is 3.42. The van der Waals surface area contributed by atoms with Crippen molar-refractivity contribution in [1.82, 2.24) is 30.0 Å². The molecule has 2 atom stereocenters. The van der Waals surface area contributed by atoms with Crippen LogP contribution in [0.3, 0.4) is 0 Å². The molecule has 3 N–H and O–H groups in total. The van der Waals surface area contributed by atoms with Crippen LogP contribution in [0.4, 0.5) is 10.3 Å². The monoisotopic (exact) mass is 513 g/mol. The number of carbonyl (C=O) groups excluding carboxylic acids is 1. The van der Waals surface area contributed by atoms with Gasteiger partial charge in [-0.3, -0.25) is 9.78 Å². The number of hydrogen-bond acceptors (Lipinski definition) is 7. The maximum atomic E-state index is 14.7. The number of fused-ring (bicyclic) bond motifs is 2. The Bertz CT molecular complexity index is 1350. The molecular weight excluding hydrogens is 493 g/mol. The van der Waals surface area contributed by atoms with Gasteiger partial charge in [0, 0.05) is 42.4 Å². The maximum absolute atomic E-state index is 14.7. The molecule has 11 heteroatoms. The molecule has 3 heterocycles. The maximum Gasteiger partial charge on any atom is 0.224 e. The molecule has 33 heavy (non-hydrogen) atoms. The molecule has 0 saturated heterocycles. The van der Waals surface area contributed by atoms with Crippen LogP contribution in [0, 0.1) is 11.7 Å². The van der Waals surface area contributed by atoms with Crippen LogP contribution in [0.25, 0.3) is 27.6 Å². The van der Waals surface area contributed by atoms with Crippen molar-refractivity contribution in [1.29, 1.82) is 0 Å². The van der Waals surface area contributed by atoms with E-state index in [1.807, 2.05) is 6.07 Å². The predicted octanol–water partition coefficient (Wildman–Crippen LogP) is 2.95. The van der Waals surface area contributed by atoms with Gasteiger partial charge in [-0.2, -0.15) is 10.1 Å². The van der Waals surface area contributed by atoms with Crippen molar-refractivity contribution in [2.75, 3.05) is 18.5 Å². The van der Waals surface area contributed by atoms with Crippen LogP contribution in [0.1, 0.15) is 19.3 Å². The third-order valence-electron chi connectivity index (χ3n) is 5.81. The summed E-state index contributed by atoms with van der Waals surface area (Å²) in [5.74, 6) is -0.168. The van der Waals surface area contributed by atoms with Gasteiger partial charge < -0.3 is 15.7 Å². The van der Waals surface area contributed by atoms with E-state index in [0.29, 0.717) is 44.6 Å². The summed E-state index contributed by atoms with van der Waals surface area (Å²) in [6.45, 7) is 0.187. The number of hydrogen-bond donors (Lipinski definition) is 3. The highest BCUT2D eigenvalue weighted by atomic mass is 79.9. The molecule has 1 amide bonds. The highest BCUT2D eigenvalue weighted by Gasteiger charge is 2.30. The standard InChI is InChI=1S/C22H21BrFN7O2/c23-19-16-11-27-22(28-14-4-3-13(8-14)21(33)26-6-7-32)29-20(16)31(30-19)15-9-12-2-1-5-25-18(12)17(24)10-15/h1-2,5,9-11,13-14,32H,3-4,6-8H2,(H,26,33)(H,27,28,29)/t13-,14-/m1/s1. The first-order valence-electron chi connectivity index (χ1n) is 10.6. The van der Waals surface area contributed by atoms with E-state index in [1.54, 1.807) is 29.2 Å². The van der Waals surface area contributed by atoms with E-state index < -0.39 is 5.82 Å². The van der Waals surface area contributed by atoms with Crippen molar-refractivity contribution in [3.05, 3.63) is 47.1 Å². The molecule has 1 aliphatic rings. The molecule has 3 aromatic heterocycles. The lowest BCUT2D eigenvalue weighted by Crippen LogP contribution is -2.32. The van der Waals surface area contributed by atoms with E-state index in [4.69, 9.17) is 5.11 Å². The van der Waals surface area contributed by atoms with Crippen LogP contribution in [-0.2, 0) is 4.79 Å². The number of anilines is 1. The van der Waals surface area contributed by atoms with Gasteiger partial charge in [0.25, 0.3) is 0 Å². The number of aromatic nitrogens is 5. The minimum atomic E-state index is -0.438. The van der Waals surface area contributed by atoms with Gasteiger partial charge in [-0.1, -0.05) is 6.07 Å². The Hall–Kier alpha value is -3.18. The fourth-order valence-electron chi connectivity index (χ4n) is 4.23. The zero-order valence-corrected chi connectivity index (χ0v) is 19.1. The van der Waals surface area contributed by atoms with E-state index >= 15 is 0 Å². The second kappa shape index (κ2) is 8.99. The number of aliphatic hydroxyl groups is 1. The van der Waals surface area contributed by atoms with Crippen molar-refractivity contribution in [3.63, 3.8) is 0 Å². The van der Waals surface area contributed by atoms with Gasteiger partial charge >= 0.3 is 0 Å². The zero-order valence-electron chi connectivity index (χ0n) is 17.5. The first kappa shape index (κ1) is 21.7. The summed E-state index contributed by atoms with van der Waals surface area (Å²) in [6, 6.07) is 6.80. The number of rotatable bonds is 6. The smallest absolute Gasteiger partial charge is 0.224 e. The number of aliphatic hydroxyl groups excluding tert-OH is 1. The van der Waals surface area contributed by atoms with E-state index in [0.717, 1.165) is 12.8 Å². The van der Waals surface area contributed by atoms with Crippen LogP contribution in [0.5, 0.6) is 0 Å². The molecule has 9 nitrogen and oxygen atoms in total. The highest BCUT2D eigenvalue weighted by molar-refractivity contribution is 9.10. The molecule has 170 valence electrons. The Morgan fingerprint density at radius 1 is 1.30 bits per heavy atom. The Morgan fingerprint density at radius 2 is 2.18 bits per heavy atom. The van der Waals surface area contributed by atoms with Crippen molar-refractivity contribution in [3.8, 4) is 5.69 Å². The molecule has 1 aromatic carbocycles. The van der Waals surface area contributed by atoms with Gasteiger partial charge in [0.15, 0.2) is 11.5 Å². The summed E-state index contributed by atoms with van der Waals surface area (Å²) in [4.78, 5) is 25.3. The SMILES string of the molecule is O=C(NCCO)[C@@H]1CC[C@@H](Nc2ncc3c(Br)nn(-c4cc(F)c5ncccc5c4)c3n2)C1. The fourth-order valence-corrected chi connectivity index (χ4v) is 4.67. The van der Waals surface area contributed by atoms with Crippen molar-refractivity contribution >= 4 is 49.7 Å². The minimum Gasteiger partial charge on any atom is -0.395 e. The normalized spacial score (nSPS) is 18.2. The third-order valence-corrected chi connectivity index (χ3v) is 6.40. The molecule has 5 rings (SSSR count). The largest absolute Gasteiger partial charge is 0.395 e. The first-order valence-corrected chi connectivity index (χ1v) is 11.4. The van der Waals surface area contributed by atoms with Gasteiger partial charge in [-0.05, 0) is 47.3 Å². The molecule has 0 unspecified atom stereocenters. The summed E-state index contributed by atoms with van der Waals surface area (Å²) in [7, 11) is 0. The molecule has 0 aliphatic heterocycles. The lowest BCUT2D eigenvalue weighted by Gasteiger charge is -2.13.